The van der Waals surface area contributed by atoms with Gasteiger partial charge in [0, 0.05) is 24.3 Å². The number of methoxy groups -OCH3 is 1. The van der Waals surface area contributed by atoms with Crippen LogP contribution < -0.4 is 10.1 Å². The molecule has 4 rings (SSSR count). The second-order valence-corrected chi connectivity index (χ2v) is 5.30. The smallest absolute Gasteiger partial charge is 0.218 e. The topological polar surface area (TPSA) is 77.8 Å². The predicted octanol–water partition coefficient (Wildman–Crippen LogP) is 2.18. The van der Waals surface area contributed by atoms with Crippen molar-refractivity contribution in [2.24, 2.45) is 0 Å². The van der Waals surface area contributed by atoms with E-state index in [2.05, 4.69) is 29.8 Å². The maximum atomic E-state index is 5.26. The molecule has 7 heteroatoms. The highest BCUT2D eigenvalue weighted by Gasteiger charge is 2.26. The molecule has 0 spiro atoms. The van der Waals surface area contributed by atoms with E-state index in [1.807, 2.05) is 18.5 Å². The van der Waals surface area contributed by atoms with Gasteiger partial charge in [-0.25, -0.2) is 19.9 Å². The molecule has 0 bridgehead atoms. The number of hydrogen-bond acceptors (Lipinski definition) is 6. The second-order valence-electron chi connectivity index (χ2n) is 5.30. The van der Waals surface area contributed by atoms with Gasteiger partial charge in [0.15, 0.2) is 11.5 Å². The summed E-state index contributed by atoms with van der Waals surface area (Å²) in [6, 6.07) is 4.41. The lowest BCUT2D eigenvalue weighted by molar-refractivity contribution is 0.393. The van der Waals surface area contributed by atoms with Crippen molar-refractivity contribution in [3.05, 3.63) is 36.5 Å². The van der Waals surface area contributed by atoms with E-state index in [4.69, 9.17) is 4.74 Å². The first kappa shape index (κ1) is 13.0. The number of fused-ring (bicyclic) bond motifs is 1. The number of pyridine rings is 1. The van der Waals surface area contributed by atoms with E-state index >= 15 is 0 Å². The van der Waals surface area contributed by atoms with E-state index in [9.17, 15) is 0 Å². The number of nitrogens with one attached hydrogen (secondary N) is 1. The lowest BCUT2D eigenvalue weighted by Crippen LogP contribution is -2.05. The van der Waals surface area contributed by atoms with Gasteiger partial charge >= 0.3 is 0 Å². The first-order valence-corrected chi connectivity index (χ1v) is 7.26. The van der Waals surface area contributed by atoms with Gasteiger partial charge in [0.25, 0.3) is 0 Å². The molecule has 0 aromatic carbocycles. The van der Waals surface area contributed by atoms with Gasteiger partial charge in [-0.15, -0.1) is 0 Å². The van der Waals surface area contributed by atoms with Crippen LogP contribution in [-0.4, -0.2) is 31.6 Å². The Morgan fingerprint density at radius 3 is 3.00 bits per heavy atom. The zero-order valence-corrected chi connectivity index (χ0v) is 12.2. The molecule has 3 aromatic heterocycles. The summed E-state index contributed by atoms with van der Waals surface area (Å²) >= 11 is 0. The van der Waals surface area contributed by atoms with Crippen molar-refractivity contribution in [2.45, 2.75) is 25.4 Å². The molecule has 0 radical (unpaired) electrons. The maximum absolute atomic E-state index is 5.26. The Labute approximate surface area is 127 Å². The molecule has 1 saturated carbocycles. The van der Waals surface area contributed by atoms with E-state index in [0.29, 0.717) is 18.5 Å². The molecule has 1 fully saturated rings. The molecule has 1 N–H and O–H groups in total. The van der Waals surface area contributed by atoms with Crippen molar-refractivity contribution in [1.29, 1.82) is 0 Å². The quantitative estimate of drug-likeness (QED) is 0.777. The fourth-order valence-electron chi connectivity index (χ4n) is 2.52. The fourth-order valence-corrected chi connectivity index (χ4v) is 2.52. The number of aromatic nitrogens is 5. The molecule has 0 atom stereocenters. The molecule has 22 heavy (non-hydrogen) atoms. The van der Waals surface area contributed by atoms with Crippen LogP contribution in [0, 0.1) is 0 Å². The van der Waals surface area contributed by atoms with Crippen molar-refractivity contribution < 1.29 is 4.74 Å². The summed E-state index contributed by atoms with van der Waals surface area (Å²) in [6.45, 7) is 0.569. The first-order chi connectivity index (χ1) is 10.9. The van der Waals surface area contributed by atoms with Gasteiger partial charge in [0.1, 0.15) is 11.8 Å². The Morgan fingerprint density at radius 2 is 2.18 bits per heavy atom. The Kier molecular flexibility index (Phi) is 3.10. The van der Waals surface area contributed by atoms with E-state index in [-0.39, 0.29) is 0 Å². The molecule has 1 aliphatic rings. The average molecular weight is 296 g/mol. The lowest BCUT2D eigenvalue weighted by atomic mass is 10.2. The second kappa shape index (κ2) is 5.25. The van der Waals surface area contributed by atoms with Crippen LogP contribution in [0.1, 0.15) is 24.4 Å². The molecule has 112 valence electrons. The van der Waals surface area contributed by atoms with Gasteiger partial charge in [0.2, 0.25) is 5.88 Å². The zero-order chi connectivity index (χ0) is 14.9. The van der Waals surface area contributed by atoms with Gasteiger partial charge in [-0.2, -0.15) is 0 Å². The largest absolute Gasteiger partial charge is 0.481 e. The van der Waals surface area contributed by atoms with Gasteiger partial charge in [0.05, 0.1) is 13.4 Å². The molecular formula is C15H16N6O. The Hall–Kier alpha value is -2.70. The highest BCUT2D eigenvalue weighted by molar-refractivity contribution is 5.82. The van der Waals surface area contributed by atoms with Gasteiger partial charge < -0.3 is 14.6 Å². The van der Waals surface area contributed by atoms with Crippen LogP contribution >= 0.6 is 0 Å². The Balaban J connectivity index is 1.61. The van der Waals surface area contributed by atoms with E-state index < -0.39 is 0 Å². The summed E-state index contributed by atoms with van der Waals surface area (Å²) in [6.07, 6.45) is 7.54. The summed E-state index contributed by atoms with van der Waals surface area (Å²) in [4.78, 5) is 17.3. The van der Waals surface area contributed by atoms with Crippen molar-refractivity contribution in [3.8, 4) is 5.88 Å². The Bertz CT molecular complexity index is 811. The van der Waals surface area contributed by atoms with Crippen LogP contribution in [0.4, 0.5) is 5.82 Å². The third-order valence-corrected chi connectivity index (χ3v) is 3.79. The number of anilines is 1. The third kappa shape index (κ3) is 2.24. The van der Waals surface area contributed by atoms with Crippen molar-refractivity contribution in [2.75, 3.05) is 12.4 Å². The van der Waals surface area contributed by atoms with Crippen LogP contribution in [0.5, 0.6) is 5.88 Å². The van der Waals surface area contributed by atoms with Crippen molar-refractivity contribution >= 4 is 17.0 Å². The van der Waals surface area contributed by atoms with Gasteiger partial charge in [-0.3, -0.25) is 0 Å². The zero-order valence-electron chi connectivity index (χ0n) is 12.2. The van der Waals surface area contributed by atoms with Crippen molar-refractivity contribution in [1.82, 2.24) is 24.5 Å². The number of ether oxygens (including phenoxy) is 1. The summed E-state index contributed by atoms with van der Waals surface area (Å²) in [7, 11) is 1.62. The first-order valence-electron chi connectivity index (χ1n) is 7.26. The fraction of sp³-hybridized carbons (Fsp3) is 0.333. The monoisotopic (exact) mass is 296 g/mol. The minimum atomic E-state index is 0.547. The molecular weight excluding hydrogens is 280 g/mol. The standard InChI is InChI=1S/C15H16N6O/c1-22-15-10(3-2-6-16-15)7-17-13-12-14(19-8-18-13)21(9-20-12)11-4-5-11/h2-3,6,8-9,11H,4-5,7H2,1H3,(H,17,18,19). The average Bonchev–Trinajstić information content (AvgIpc) is 3.32. The normalized spacial score (nSPS) is 14.2. The molecule has 0 unspecified atom stereocenters. The van der Waals surface area contributed by atoms with Crippen LogP contribution in [-0.2, 0) is 6.54 Å². The summed E-state index contributed by atoms with van der Waals surface area (Å²) < 4.78 is 7.39. The predicted molar refractivity (Wildman–Crippen MR) is 81.7 cm³/mol. The van der Waals surface area contributed by atoms with Crippen LogP contribution in [0.3, 0.4) is 0 Å². The van der Waals surface area contributed by atoms with Crippen molar-refractivity contribution in [3.63, 3.8) is 0 Å². The number of hydrogen-bond donors (Lipinski definition) is 1. The highest BCUT2D eigenvalue weighted by atomic mass is 16.5. The highest BCUT2D eigenvalue weighted by Crippen LogP contribution is 2.37. The molecule has 1 aliphatic carbocycles. The van der Waals surface area contributed by atoms with E-state index in [0.717, 1.165) is 22.5 Å². The van der Waals surface area contributed by atoms with Gasteiger partial charge in [-0.05, 0) is 18.9 Å². The summed E-state index contributed by atoms with van der Waals surface area (Å²) in [5.41, 5.74) is 2.66. The van der Waals surface area contributed by atoms with Crippen LogP contribution in [0.15, 0.2) is 31.0 Å². The number of rotatable bonds is 5. The minimum absolute atomic E-state index is 0.547. The SMILES string of the molecule is COc1ncccc1CNc1ncnc2c1ncn2C1CC1. The van der Waals surface area contributed by atoms with E-state index in [1.165, 1.54) is 12.8 Å². The molecule has 0 aliphatic heterocycles. The maximum Gasteiger partial charge on any atom is 0.218 e. The molecule has 0 saturated heterocycles. The molecule has 3 aromatic rings. The number of nitrogens with zero attached hydrogens (tertiary/aromatic N) is 5. The van der Waals surface area contributed by atoms with Gasteiger partial charge in [-0.1, -0.05) is 6.07 Å². The Morgan fingerprint density at radius 1 is 1.27 bits per heavy atom. The summed E-state index contributed by atoms with van der Waals surface area (Å²) in [5, 5.41) is 3.30. The summed E-state index contributed by atoms with van der Waals surface area (Å²) in [5.74, 6) is 1.35. The molecule has 0 amide bonds. The van der Waals surface area contributed by atoms with Crippen LogP contribution in [0.25, 0.3) is 11.2 Å². The lowest BCUT2D eigenvalue weighted by Gasteiger charge is -2.09. The third-order valence-electron chi connectivity index (χ3n) is 3.79. The minimum Gasteiger partial charge on any atom is -0.481 e. The number of imidazole rings is 1. The molecule has 7 nitrogen and oxygen atoms in total. The van der Waals surface area contributed by atoms with E-state index in [1.54, 1.807) is 19.6 Å². The molecule has 3 heterocycles. The van der Waals surface area contributed by atoms with Crippen LogP contribution in [0.2, 0.25) is 0 Å².